The fourth-order valence-corrected chi connectivity index (χ4v) is 5.30. The first-order valence-electron chi connectivity index (χ1n) is 10.4. The van der Waals surface area contributed by atoms with E-state index in [1.165, 1.54) is 19.3 Å². The van der Waals surface area contributed by atoms with E-state index in [1.54, 1.807) is 0 Å². The Morgan fingerprint density at radius 1 is 1.24 bits per heavy atom. The van der Waals surface area contributed by atoms with Crippen molar-refractivity contribution in [3.05, 3.63) is 11.8 Å². The number of ether oxygens (including phenoxy) is 1. The van der Waals surface area contributed by atoms with Gasteiger partial charge in [-0.05, 0) is 62.9 Å². The van der Waals surface area contributed by atoms with Crippen molar-refractivity contribution in [2.24, 2.45) is 23.2 Å². The maximum Gasteiger partial charge on any atom is 0.165 e. The second-order valence-electron chi connectivity index (χ2n) is 9.38. The van der Waals surface area contributed by atoms with Gasteiger partial charge in [0.15, 0.2) is 5.78 Å². The van der Waals surface area contributed by atoms with E-state index >= 15 is 0 Å². The summed E-state index contributed by atoms with van der Waals surface area (Å²) < 4.78 is 6.43. The van der Waals surface area contributed by atoms with Gasteiger partial charge in [-0.15, -0.1) is 0 Å². The Bertz CT molecular complexity index is 531. The molecule has 0 saturated heterocycles. The molecule has 0 radical (unpaired) electrons. The number of ketones is 1. The third-order valence-corrected chi connectivity index (χ3v) is 7.34. The SMILES string of the molecule is CC(C)CC=C(OC1CCCCC1)[C@H](C)[C@@]1(O)C(=O)C[C@H]2CC[C@@]21C. The van der Waals surface area contributed by atoms with Gasteiger partial charge in [0.05, 0.1) is 11.9 Å². The zero-order chi connectivity index (χ0) is 18.2. The van der Waals surface area contributed by atoms with Crippen molar-refractivity contribution < 1.29 is 14.6 Å². The fraction of sp³-hybridized carbons (Fsp3) is 0.864. The Hall–Kier alpha value is -0.830. The molecule has 0 heterocycles. The Balaban J connectivity index is 1.83. The van der Waals surface area contributed by atoms with Gasteiger partial charge in [0.2, 0.25) is 0 Å². The lowest BCUT2D eigenvalue weighted by Gasteiger charge is -2.51. The zero-order valence-corrected chi connectivity index (χ0v) is 16.5. The first-order valence-corrected chi connectivity index (χ1v) is 10.4. The minimum absolute atomic E-state index is 0.0349. The number of aliphatic hydroxyl groups is 1. The van der Waals surface area contributed by atoms with Crippen LogP contribution in [0.5, 0.6) is 0 Å². The van der Waals surface area contributed by atoms with Crippen molar-refractivity contribution in [2.75, 3.05) is 0 Å². The average Bonchev–Trinajstić information content (AvgIpc) is 2.72. The molecule has 0 unspecified atom stereocenters. The van der Waals surface area contributed by atoms with Crippen LogP contribution in [0.1, 0.15) is 85.5 Å². The van der Waals surface area contributed by atoms with Crippen LogP contribution in [0.25, 0.3) is 0 Å². The van der Waals surface area contributed by atoms with E-state index in [9.17, 15) is 9.90 Å². The van der Waals surface area contributed by atoms with Gasteiger partial charge >= 0.3 is 0 Å². The highest BCUT2D eigenvalue weighted by Crippen LogP contribution is 2.63. The van der Waals surface area contributed by atoms with E-state index in [4.69, 9.17) is 4.74 Å². The molecule has 0 aromatic rings. The van der Waals surface area contributed by atoms with Crippen LogP contribution >= 0.6 is 0 Å². The van der Waals surface area contributed by atoms with Crippen LogP contribution in [0.15, 0.2) is 11.8 Å². The Morgan fingerprint density at radius 2 is 1.92 bits per heavy atom. The molecule has 0 aliphatic heterocycles. The predicted molar refractivity (Wildman–Crippen MR) is 100 cm³/mol. The van der Waals surface area contributed by atoms with Crippen molar-refractivity contribution in [3.8, 4) is 0 Å². The van der Waals surface area contributed by atoms with Gasteiger partial charge in [0, 0.05) is 17.8 Å². The summed E-state index contributed by atoms with van der Waals surface area (Å²) in [7, 11) is 0. The van der Waals surface area contributed by atoms with Crippen LogP contribution in [-0.2, 0) is 9.53 Å². The summed E-state index contributed by atoms with van der Waals surface area (Å²) in [6.07, 6.45) is 11.8. The van der Waals surface area contributed by atoms with Crippen LogP contribution in [0.2, 0.25) is 0 Å². The standard InChI is InChI=1S/C22H36O3/c1-15(2)10-11-19(25-18-8-6-5-7-9-18)16(3)22(24)20(23)14-17-12-13-21(17,22)4/h11,15-18,24H,5-10,12-14H2,1-4H3/t16-,17+,21-,22+/m0/s1. The summed E-state index contributed by atoms with van der Waals surface area (Å²) in [5.74, 6) is 1.54. The Kier molecular flexibility index (Phi) is 5.35. The van der Waals surface area contributed by atoms with Crippen LogP contribution < -0.4 is 0 Å². The maximum absolute atomic E-state index is 12.8. The summed E-state index contributed by atoms with van der Waals surface area (Å²) in [5, 5.41) is 11.6. The molecule has 4 atom stereocenters. The van der Waals surface area contributed by atoms with Crippen LogP contribution in [0, 0.1) is 23.2 Å². The number of hydrogen-bond donors (Lipinski definition) is 1. The summed E-state index contributed by atoms with van der Waals surface area (Å²) in [4.78, 5) is 12.8. The highest BCUT2D eigenvalue weighted by molar-refractivity contribution is 5.92. The molecule has 142 valence electrons. The molecule has 0 bridgehead atoms. The van der Waals surface area contributed by atoms with Crippen molar-refractivity contribution in [2.45, 2.75) is 97.2 Å². The zero-order valence-electron chi connectivity index (χ0n) is 16.5. The normalized spacial score (nSPS) is 37.8. The maximum atomic E-state index is 12.8. The third kappa shape index (κ3) is 3.18. The van der Waals surface area contributed by atoms with Gasteiger partial charge in [-0.1, -0.05) is 34.1 Å². The number of rotatable bonds is 6. The molecule has 3 rings (SSSR count). The minimum atomic E-state index is -1.26. The number of carbonyl (C=O) groups is 1. The van der Waals surface area contributed by atoms with Gasteiger partial charge in [-0.3, -0.25) is 4.79 Å². The number of hydrogen-bond acceptors (Lipinski definition) is 3. The van der Waals surface area contributed by atoms with Crippen LogP contribution in [0.3, 0.4) is 0 Å². The summed E-state index contributed by atoms with van der Waals surface area (Å²) in [5.41, 5.74) is -1.52. The van der Waals surface area contributed by atoms with E-state index in [0.29, 0.717) is 18.3 Å². The van der Waals surface area contributed by atoms with Crippen molar-refractivity contribution in [1.29, 1.82) is 0 Å². The molecular weight excluding hydrogens is 312 g/mol. The second kappa shape index (κ2) is 7.06. The first kappa shape index (κ1) is 18.9. The summed E-state index contributed by atoms with van der Waals surface area (Å²) >= 11 is 0. The van der Waals surface area contributed by atoms with Gasteiger partial charge in [0.1, 0.15) is 5.60 Å². The molecule has 0 amide bonds. The molecule has 3 aliphatic carbocycles. The first-order chi connectivity index (χ1) is 11.8. The predicted octanol–water partition coefficient (Wildman–Crippen LogP) is 5.02. The highest BCUT2D eigenvalue weighted by atomic mass is 16.5. The monoisotopic (exact) mass is 348 g/mol. The van der Waals surface area contributed by atoms with Crippen molar-refractivity contribution in [3.63, 3.8) is 0 Å². The van der Waals surface area contributed by atoms with Crippen molar-refractivity contribution in [1.82, 2.24) is 0 Å². The molecule has 0 aromatic heterocycles. The number of Topliss-reactive ketones (excluding diaryl/α,β-unsaturated/α-hetero) is 1. The smallest absolute Gasteiger partial charge is 0.165 e. The highest BCUT2D eigenvalue weighted by Gasteiger charge is 2.68. The molecule has 1 N–H and O–H groups in total. The quantitative estimate of drug-likeness (QED) is 0.685. The van der Waals surface area contributed by atoms with Gasteiger partial charge in [-0.2, -0.15) is 0 Å². The lowest BCUT2D eigenvalue weighted by Crippen LogP contribution is -2.57. The topological polar surface area (TPSA) is 46.5 Å². The summed E-state index contributed by atoms with van der Waals surface area (Å²) in [6.45, 7) is 8.51. The molecule has 3 nitrogen and oxygen atoms in total. The fourth-order valence-electron chi connectivity index (χ4n) is 5.30. The number of fused-ring (bicyclic) bond motifs is 1. The Morgan fingerprint density at radius 3 is 2.44 bits per heavy atom. The lowest BCUT2D eigenvalue weighted by molar-refractivity contribution is -0.166. The van der Waals surface area contributed by atoms with Gasteiger partial charge in [0.25, 0.3) is 0 Å². The molecule has 3 saturated carbocycles. The molecule has 0 spiro atoms. The molecule has 25 heavy (non-hydrogen) atoms. The van der Waals surface area contributed by atoms with E-state index in [0.717, 1.165) is 37.9 Å². The third-order valence-electron chi connectivity index (χ3n) is 7.34. The minimum Gasteiger partial charge on any atom is -0.495 e. The molecule has 0 aromatic carbocycles. The Labute approximate surface area is 153 Å². The van der Waals surface area contributed by atoms with Crippen molar-refractivity contribution >= 4 is 5.78 Å². The second-order valence-corrected chi connectivity index (χ2v) is 9.38. The number of allylic oxidation sites excluding steroid dienone is 1. The molecule has 3 heteroatoms. The van der Waals surface area contributed by atoms with Crippen LogP contribution in [-0.4, -0.2) is 22.6 Å². The van der Waals surface area contributed by atoms with Crippen LogP contribution in [0.4, 0.5) is 0 Å². The summed E-state index contributed by atoms with van der Waals surface area (Å²) in [6, 6.07) is 0. The lowest BCUT2D eigenvalue weighted by atomic mass is 9.55. The molecular formula is C22H36O3. The largest absolute Gasteiger partial charge is 0.495 e. The van der Waals surface area contributed by atoms with E-state index in [-0.39, 0.29) is 23.2 Å². The van der Waals surface area contributed by atoms with E-state index in [1.807, 2.05) is 6.92 Å². The number of carbonyl (C=O) groups excluding carboxylic acids is 1. The molecule has 3 fully saturated rings. The van der Waals surface area contributed by atoms with Gasteiger partial charge < -0.3 is 9.84 Å². The van der Waals surface area contributed by atoms with E-state index in [2.05, 4.69) is 26.8 Å². The van der Waals surface area contributed by atoms with E-state index < -0.39 is 5.60 Å². The van der Waals surface area contributed by atoms with Gasteiger partial charge in [-0.25, -0.2) is 0 Å². The average molecular weight is 349 g/mol. The molecule has 3 aliphatic rings.